The van der Waals surface area contributed by atoms with Crippen molar-refractivity contribution < 1.29 is 9.53 Å². The van der Waals surface area contributed by atoms with Gasteiger partial charge in [0.2, 0.25) is 5.91 Å². The van der Waals surface area contributed by atoms with Crippen LogP contribution in [-0.4, -0.2) is 44.7 Å². The molecule has 0 unspecified atom stereocenters. The van der Waals surface area contributed by atoms with E-state index in [0.717, 1.165) is 44.2 Å². The number of rotatable bonds is 7. The zero-order valence-corrected chi connectivity index (χ0v) is 16.7. The lowest BCUT2D eigenvalue weighted by atomic mass is 10.1. The maximum absolute atomic E-state index is 10.8. The molecule has 0 aromatic heterocycles. The van der Waals surface area contributed by atoms with E-state index in [1.54, 1.807) is 0 Å². The zero-order chi connectivity index (χ0) is 16.5. The molecule has 0 saturated heterocycles. The molecule has 7 heteroatoms. The molecule has 134 valence electrons. The van der Waals surface area contributed by atoms with E-state index in [9.17, 15) is 4.79 Å². The first kappa shape index (κ1) is 20.5. The van der Waals surface area contributed by atoms with Gasteiger partial charge < -0.3 is 20.7 Å². The Labute approximate surface area is 160 Å². The molecule has 0 aliphatic carbocycles. The van der Waals surface area contributed by atoms with E-state index in [4.69, 9.17) is 4.74 Å². The number of nitrogens with zero attached hydrogens (tertiary/aromatic N) is 1. The lowest BCUT2D eigenvalue weighted by molar-refractivity contribution is -0.118. The summed E-state index contributed by atoms with van der Waals surface area (Å²) in [5.74, 6) is 1.78. The second kappa shape index (κ2) is 11.1. The van der Waals surface area contributed by atoms with E-state index >= 15 is 0 Å². The Morgan fingerprint density at radius 2 is 2.04 bits per heavy atom. The highest BCUT2D eigenvalue weighted by molar-refractivity contribution is 14.0. The Bertz CT molecular complexity index is 564. The number of guanidine groups is 1. The number of ether oxygens (including phenoxy) is 1. The lowest BCUT2D eigenvalue weighted by Crippen LogP contribution is -2.41. The van der Waals surface area contributed by atoms with E-state index in [-0.39, 0.29) is 29.9 Å². The summed E-state index contributed by atoms with van der Waals surface area (Å²) < 4.78 is 5.52. The second-order valence-corrected chi connectivity index (χ2v) is 5.46. The van der Waals surface area contributed by atoms with Crippen molar-refractivity contribution in [1.82, 2.24) is 16.0 Å². The summed E-state index contributed by atoms with van der Waals surface area (Å²) in [6, 6.07) is 6.38. The van der Waals surface area contributed by atoms with Gasteiger partial charge in [0.25, 0.3) is 0 Å². The van der Waals surface area contributed by atoms with Crippen LogP contribution in [0, 0.1) is 0 Å². The predicted molar refractivity (Wildman–Crippen MR) is 107 cm³/mol. The highest BCUT2D eigenvalue weighted by atomic mass is 127. The van der Waals surface area contributed by atoms with Gasteiger partial charge in [0.1, 0.15) is 5.75 Å². The van der Waals surface area contributed by atoms with Gasteiger partial charge in [-0.25, -0.2) is 0 Å². The van der Waals surface area contributed by atoms with Crippen LogP contribution in [0.15, 0.2) is 23.2 Å². The third-order valence-electron chi connectivity index (χ3n) is 3.56. The first-order valence-electron chi connectivity index (χ1n) is 8.20. The number of carbonyl (C=O) groups is 1. The average Bonchev–Trinajstić information content (AvgIpc) is 2.99. The zero-order valence-electron chi connectivity index (χ0n) is 14.4. The number of aliphatic imine (C=N–C) groups is 1. The van der Waals surface area contributed by atoms with Crippen LogP contribution >= 0.6 is 24.0 Å². The molecule has 1 amide bonds. The normalized spacial score (nSPS) is 12.7. The fraction of sp³-hybridized carbons (Fsp3) is 0.529. The molecular formula is C17H27IN4O2. The number of nitrogens with one attached hydrogen (secondary N) is 3. The van der Waals surface area contributed by atoms with E-state index < -0.39 is 0 Å². The molecule has 0 spiro atoms. The van der Waals surface area contributed by atoms with Crippen molar-refractivity contribution in [2.75, 3.05) is 32.8 Å². The van der Waals surface area contributed by atoms with Crippen molar-refractivity contribution in [2.24, 2.45) is 4.99 Å². The Kier molecular flexibility index (Phi) is 9.51. The third kappa shape index (κ3) is 6.94. The molecule has 1 aromatic rings. The van der Waals surface area contributed by atoms with Crippen LogP contribution in [0.4, 0.5) is 0 Å². The molecule has 3 N–H and O–H groups in total. The van der Waals surface area contributed by atoms with Gasteiger partial charge in [0, 0.05) is 39.5 Å². The SMILES string of the molecule is CCNC(=NCCc1ccc2c(c1)CCO2)NCCNC(C)=O.I. The molecular weight excluding hydrogens is 419 g/mol. The number of hydrogen-bond donors (Lipinski definition) is 3. The smallest absolute Gasteiger partial charge is 0.216 e. The largest absolute Gasteiger partial charge is 0.493 e. The second-order valence-electron chi connectivity index (χ2n) is 5.46. The number of hydrogen-bond acceptors (Lipinski definition) is 3. The van der Waals surface area contributed by atoms with E-state index in [1.165, 1.54) is 18.1 Å². The Balaban J connectivity index is 0.00000288. The molecule has 1 heterocycles. The molecule has 1 aliphatic rings. The Morgan fingerprint density at radius 3 is 2.79 bits per heavy atom. The average molecular weight is 446 g/mol. The van der Waals surface area contributed by atoms with Gasteiger partial charge in [-0.05, 0) is 30.5 Å². The van der Waals surface area contributed by atoms with Crippen LogP contribution in [0.1, 0.15) is 25.0 Å². The number of halogens is 1. The fourth-order valence-electron chi connectivity index (χ4n) is 2.45. The number of carbonyl (C=O) groups excluding carboxylic acids is 1. The summed E-state index contributed by atoms with van der Waals surface area (Å²) in [4.78, 5) is 15.4. The molecule has 0 radical (unpaired) electrons. The van der Waals surface area contributed by atoms with Crippen molar-refractivity contribution in [3.05, 3.63) is 29.3 Å². The molecule has 24 heavy (non-hydrogen) atoms. The first-order chi connectivity index (χ1) is 11.2. The molecule has 0 fully saturated rings. The van der Waals surface area contributed by atoms with Gasteiger partial charge in [-0.1, -0.05) is 12.1 Å². The summed E-state index contributed by atoms with van der Waals surface area (Å²) >= 11 is 0. The van der Waals surface area contributed by atoms with Crippen molar-refractivity contribution in [3.63, 3.8) is 0 Å². The van der Waals surface area contributed by atoms with Crippen LogP contribution < -0.4 is 20.7 Å². The summed E-state index contributed by atoms with van der Waals surface area (Å²) in [5.41, 5.74) is 2.58. The highest BCUT2D eigenvalue weighted by Gasteiger charge is 2.11. The maximum atomic E-state index is 10.8. The topological polar surface area (TPSA) is 74.8 Å². The van der Waals surface area contributed by atoms with Gasteiger partial charge in [-0.15, -0.1) is 24.0 Å². The summed E-state index contributed by atoms with van der Waals surface area (Å²) in [7, 11) is 0. The predicted octanol–water partition coefficient (Wildman–Crippen LogP) is 1.47. The van der Waals surface area contributed by atoms with Crippen LogP contribution in [0.2, 0.25) is 0 Å². The van der Waals surface area contributed by atoms with Gasteiger partial charge in [-0.3, -0.25) is 9.79 Å². The highest BCUT2D eigenvalue weighted by Crippen LogP contribution is 2.25. The lowest BCUT2D eigenvalue weighted by Gasteiger charge is -2.11. The monoisotopic (exact) mass is 446 g/mol. The van der Waals surface area contributed by atoms with Crippen LogP contribution in [-0.2, 0) is 17.6 Å². The van der Waals surface area contributed by atoms with Crippen molar-refractivity contribution in [3.8, 4) is 5.75 Å². The minimum absolute atomic E-state index is 0. The first-order valence-corrected chi connectivity index (χ1v) is 8.20. The summed E-state index contributed by atoms with van der Waals surface area (Å²) in [6.45, 7) is 7.11. The van der Waals surface area contributed by atoms with Crippen LogP contribution in [0.5, 0.6) is 5.75 Å². The minimum atomic E-state index is -0.0191. The Morgan fingerprint density at radius 1 is 1.25 bits per heavy atom. The van der Waals surface area contributed by atoms with Crippen molar-refractivity contribution in [1.29, 1.82) is 0 Å². The van der Waals surface area contributed by atoms with Gasteiger partial charge in [0.05, 0.1) is 6.61 Å². The number of amides is 1. The molecule has 6 nitrogen and oxygen atoms in total. The Hall–Kier alpha value is -1.51. The molecule has 0 bridgehead atoms. The third-order valence-corrected chi connectivity index (χ3v) is 3.56. The van der Waals surface area contributed by atoms with Gasteiger partial charge in [-0.2, -0.15) is 0 Å². The van der Waals surface area contributed by atoms with Crippen molar-refractivity contribution in [2.45, 2.75) is 26.7 Å². The van der Waals surface area contributed by atoms with Gasteiger partial charge in [0.15, 0.2) is 5.96 Å². The minimum Gasteiger partial charge on any atom is -0.493 e. The fourth-order valence-corrected chi connectivity index (χ4v) is 2.45. The summed E-state index contributed by atoms with van der Waals surface area (Å²) in [5, 5.41) is 9.17. The van der Waals surface area contributed by atoms with E-state index in [1.807, 2.05) is 6.92 Å². The van der Waals surface area contributed by atoms with E-state index in [2.05, 4.69) is 39.1 Å². The number of benzene rings is 1. The molecule has 1 aliphatic heterocycles. The maximum Gasteiger partial charge on any atom is 0.216 e. The molecule has 2 rings (SSSR count). The van der Waals surface area contributed by atoms with Gasteiger partial charge >= 0.3 is 0 Å². The van der Waals surface area contributed by atoms with Crippen LogP contribution in [0.3, 0.4) is 0 Å². The quantitative estimate of drug-likeness (QED) is 0.257. The molecule has 0 saturated carbocycles. The number of fused-ring (bicyclic) bond motifs is 1. The van der Waals surface area contributed by atoms with Crippen LogP contribution in [0.25, 0.3) is 0 Å². The summed E-state index contributed by atoms with van der Waals surface area (Å²) in [6.07, 6.45) is 1.90. The molecule has 1 aromatic carbocycles. The van der Waals surface area contributed by atoms with E-state index in [0.29, 0.717) is 13.1 Å². The standard InChI is InChI=1S/C17H26N4O2.HI/c1-3-18-17(21-10-9-19-13(2)22)20-8-6-14-4-5-16-15(12-14)7-11-23-16;/h4-5,12H,3,6-11H2,1-2H3,(H,19,22)(H2,18,20,21);1H. The van der Waals surface area contributed by atoms with Crippen molar-refractivity contribution >= 4 is 35.8 Å². The molecule has 0 atom stereocenters.